The average molecular weight is 273 g/mol. The average Bonchev–Trinajstić information content (AvgIpc) is 2.69. The molecule has 1 rings (SSSR count). The van der Waals surface area contributed by atoms with Crippen LogP contribution in [0.2, 0.25) is 0 Å². The molecule has 0 spiro atoms. The van der Waals surface area contributed by atoms with Crippen LogP contribution in [-0.4, -0.2) is 61.0 Å². The van der Waals surface area contributed by atoms with E-state index in [-0.39, 0.29) is 5.54 Å². The fourth-order valence-corrected chi connectivity index (χ4v) is 2.72. The number of carboxylic acid groups (broad SMARTS) is 1. The molecule has 1 aliphatic heterocycles. The van der Waals surface area contributed by atoms with Gasteiger partial charge in [0, 0.05) is 25.2 Å². The number of likely N-dealkylation sites (tertiary alicyclic amines) is 1. The summed E-state index contributed by atoms with van der Waals surface area (Å²) in [6.45, 7) is 8.81. The maximum absolute atomic E-state index is 10.7. The predicted molar refractivity (Wildman–Crippen MR) is 74.3 cm³/mol. The van der Waals surface area contributed by atoms with Gasteiger partial charge in [0.2, 0.25) is 0 Å². The van der Waals surface area contributed by atoms with Crippen molar-refractivity contribution in [1.82, 2.24) is 10.2 Å². The Kier molecular flexibility index (Phi) is 6.54. The van der Waals surface area contributed by atoms with E-state index in [4.69, 9.17) is 15.6 Å². The van der Waals surface area contributed by atoms with Crippen molar-refractivity contribution in [2.75, 3.05) is 39.4 Å². The molecule has 1 fully saturated rings. The summed E-state index contributed by atoms with van der Waals surface area (Å²) in [7, 11) is 0. The first-order valence-corrected chi connectivity index (χ1v) is 6.94. The minimum absolute atomic E-state index is 0.359. The molecule has 0 saturated carbocycles. The van der Waals surface area contributed by atoms with Crippen LogP contribution in [0.15, 0.2) is 0 Å². The van der Waals surface area contributed by atoms with E-state index in [1.165, 1.54) is 0 Å². The third-order valence-electron chi connectivity index (χ3n) is 3.43. The van der Waals surface area contributed by atoms with E-state index < -0.39 is 6.09 Å². The normalized spacial score (nSPS) is 20.7. The fraction of sp³-hybridized carbons (Fsp3) is 0.923. The van der Waals surface area contributed by atoms with Crippen molar-refractivity contribution < 1.29 is 14.6 Å². The van der Waals surface area contributed by atoms with Crippen molar-refractivity contribution in [1.29, 1.82) is 0 Å². The van der Waals surface area contributed by atoms with E-state index in [2.05, 4.69) is 10.2 Å². The highest BCUT2D eigenvalue weighted by Gasteiger charge is 2.29. The number of hydrogen-bond acceptors (Lipinski definition) is 4. The van der Waals surface area contributed by atoms with E-state index in [1.54, 1.807) is 0 Å². The molecule has 0 aromatic carbocycles. The lowest BCUT2D eigenvalue weighted by molar-refractivity contribution is 0.115. The highest BCUT2D eigenvalue weighted by atomic mass is 16.5. The monoisotopic (exact) mass is 273 g/mol. The molecule has 6 nitrogen and oxygen atoms in total. The molecule has 19 heavy (non-hydrogen) atoms. The first kappa shape index (κ1) is 16.2. The molecule has 4 N–H and O–H groups in total. The van der Waals surface area contributed by atoms with Crippen molar-refractivity contribution in [3.05, 3.63) is 0 Å². The molecule has 0 unspecified atom stereocenters. The maximum atomic E-state index is 10.7. The second kappa shape index (κ2) is 7.67. The minimum atomic E-state index is -0.949. The molecule has 1 saturated heterocycles. The van der Waals surface area contributed by atoms with Crippen LogP contribution in [-0.2, 0) is 4.74 Å². The Morgan fingerprint density at radius 1 is 1.53 bits per heavy atom. The van der Waals surface area contributed by atoms with Gasteiger partial charge in [-0.05, 0) is 39.2 Å². The summed E-state index contributed by atoms with van der Waals surface area (Å²) in [4.78, 5) is 13.1. The summed E-state index contributed by atoms with van der Waals surface area (Å²) in [5, 5.41) is 11.4. The number of carbonyl (C=O) groups is 1. The minimum Gasteiger partial charge on any atom is -0.465 e. The lowest BCUT2D eigenvalue weighted by atomic mass is 9.90. The van der Waals surface area contributed by atoms with Gasteiger partial charge in [0.1, 0.15) is 0 Å². The van der Waals surface area contributed by atoms with E-state index in [0.29, 0.717) is 19.1 Å². The molecule has 112 valence electrons. The summed E-state index contributed by atoms with van der Waals surface area (Å²) >= 11 is 0. The van der Waals surface area contributed by atoms with Gasteiger partial charge in [0.05, 0.1) is 13.2 Å². The smallest absolute Gasteiger partial charge is 0.405 e. The molecular weight excluding hydrogens is 246 g/mol. The van der Waals surface area contributed by atoms with Crippen molar-refractivity contribution in [2.45, 2.75) is 32.2 Å². The molecule has 0 aliphatic carbocycles. The summed E-state index contributed by atoms with van der Waals surface area (Å²) in [6, 6.07) is 0. The third kappa shape index (κ3) is 6.75. The SMILES string of the molecule is CC(C)(C[C@H]1CCN(CCOCCN)C1)NC(=O)O. The number of amides is 1. The van der Waals surface area contributed by atoms with Gasteiger partial charge in [-0.2, -0.15) is 0 Å². The summed E-state index contributed by atoms with van der Waals surface area (Å²) < 4.78 is 5.38. The summed E-state index contributed by atoms with van der Waals surface area (Å²) in [5.74, 6) is 0.552. The molecule has 1 amide bonds. The van der Waals surface area contributed by atoms with Gasteiger partial charge < -0.3 is 25.8 Å². The van der Waals surface area contributed by atoms with Crippen LogP contribution in [0.3, 0.4) is 0 Å². The highest BCUT2D eigenvalue weighted by Crippen LogP contribution is 2.25. The quantitative estimate of drug-likeness (QED) is 0.567. The lowest BCUT2D eigenvalue weighted by Crippen LogP contribution is -2.44. The van der Waals surface area contributed by atoms with Crippen LogP contribution >= 0.6 is 0 Å². The Bertz CT molecular complexity index is 284. The Labute approximate surface area is 115 Å². The van der Waals surface area contributed by atoms with Gasteiger partial charge in [-0.3, -0.25) is 0 Å². The molecule has 1 atom stereocenters. The highest BCUT2D eigenvalue weighted by molar-refractivity contribution is 5.65. The molecule has 0 aromatic heterocycles. The van der Waals surface area contributed by atoms with E-state index in [9.17, 15) is 4.79 Å². The number of ether oxygens (including phenoxy) is 1. The Morgan fingerprint density at radius 3 is 2.89 bits per heavy atom. The lowest BCUT2D eigenvalue weighted by Gasteiger charge is -2.28. The van der Waals surface area contributed by atoms with Crippen molar-refractivity contribution in [3.8, 4) is 0 Å². The van der Waals surface area contributed by atoms with Gasteiger partial charge in [-0.15, -0.1) is 0 Å². The Morgan fingerprint density at radius 2 is 2.26 bits per heavy atom. The topological polar surface area (TPSA) is 87.8 Å². The van der Waals surface area contributed by atoms with Crippen molar-refractivity contribution >= 4 is 6.09 Å². The second-order valence-corrected chi connectivity index (χ2v) is 5.87. The van der Waals surface area contributed by atoms with Crippen LogP contribution in [0.5, 0.6) is 0 Å². The molecule has 0 bridgehead atoms. The molecule has 6 heteroatoms. The predicted octanol–water partition coefficient (Wildman–Crippen LogP) is 0.720. The maximum Gasteiger partial charge on any atom is 0.405 e. The van der Waals surface area contributed by atoms with Gasteiger partial charge in [0.15, 0.2) is 0 Å². The van der Waals surface area contributed by atoms with Crippen LogP contribution in [0.4, 0.5) is 4.79 Å². The fourth-order valence-electron chi connectivity index (χ4n) is 2.72. The molecule has 1 aliphatic rings. The van der Waals surface area contributed by atoms with E-state index in [0.717, 1.165) is 39.1 Å². The zero-order chi connectivity index (χ0) is 14.3. The van der Waals surface area contributed by atoms with Gasteiger partial charge in [-0.1, -0.05) is 0 Å². The first-order valence-electron chi connectivity index (χ1n) is 6.94. The van der Waals surface area contributed by atoms with Crippen LogP contribution in [0.1, 0.15) is 26.7 Å². The summed E-state index contributed by atoms with van der Waals surface area (Å²) in [5.41, 5.74) is 5.00. The molecule has 0 aromatic rings. The van der Waals surface area contributed by atoms with Gasteiger partial charge in [-0.25, -0.2) is 4.79 Å². The number of hydrogen-bond donors (Lipinski definition) is 3. The van der Waals surface area contributed by atoms with Crippen molar-refractivity contribution in [2.24, 2.45) is 11.7 Å². The first-order chi connectivity index (χ1) is 8.93. The largest absolute Gasteiger partial charge is 0.465 e. The second-order valence-electron chi connectivity index (χ2n) is 5.87. The number of rotatable bonds is 8. The number of nitrogens with two attached hydrogens (primary N) is 1. The van der Waals surface area contributed by atoms with E-state index >= 15 is 0 Å². The molecule has 0 radical (unpaired) electrons. The van der Waals surface area contributed by atoms with Gasteiger partial charge >= 0.3 is 6.09 Å². The number of nitrogens with zero attached hydrogens (tertiary/aromatic N) is 1. The summed E-state index contributed by atoms with van der Waals surface area (Å²) in [6.07, 6.45) is 1.05. The molecular formula is C13H27N3O3. The van der Waals surface area contributed by atoms with Crippen LogP contribution in [0.25, 0.3) is 0 Å². The van der Waals surface area contributed by atoms with Crippen molar-refractivity contribution in [3.63, 3.8) is 0 Å². The van der Waals surface area contributed by atoms with Crippen LogP contribution < -0.4 is 11.1 Å². The third-order valence-corrected chi connectivity index (χ3v) is 3.43. The zero-order valence-corrected chi connectivity index (χ0v) is 12.0. The van der Waals surface area contributed by atoms with Gasteiger partial charge in [0.25, 0.3) is 0 Å². The number of nitrogens with one attached hydrogen (secondary N) is 1. The Hall–Kier alpha value is -0.850. The zero-order valence-electron chi connectivity index (χ0n) is 12.0. The molecule has 1 heterocycles. The van der Waals surface area contributed by atoms with E-state index in [1.807, 2.05) is 13.8 Å². The van der Waals surface area contributed by atoms with Crippen LogP contribution in [0, 0.1) is 5.92 Å². The standard InChI is InChI=1S/C13H27N3O3/c1-13(2,15-12(17)18)9-11-3-5-16(10-11)6-8-19-7-4-14/h11,15H,3-10,14H2,1-2H3,(H,17,18)/t11-/m1/s1. The Balaban J connectivity index is 2.22.